The van der Waals surface area contributed by atoms with E-state index in [1.165, 1.54) is 267 Å². The third-order valence-corrected chi connectivity index (χ3v) is 23.6. The molecule has 1 aliphatic heterocycles. The number of hydrogen-bond donors (Lipinski definition) is 4. The van der Waals surface area contributed by atoms with E-state index in [1.807, 2.05) is 21.6 Å². The third kappa shape index (κ3) is 56.6. The summed E-state index contributed by atoms with van der Waals surface area (Å²) < 4.78 is 0. The van der Waals surface area contributed by atoms with Gasteiger partial charge in [-0.15, -0.1) is 0 Å². The number of aliphatic hydroxyl groups is 4. The lowest BCUT2D eigenvalue weighted by atomic mass is 10.0. The second-order valence-corrected chi connectivity index (χ2v) is 32.8. The first-order chi connectivity index (χ1) is 42.1. The molecule has 1 aliphatic rings. The smallest absolute Gasteiger partial charge is 0.0667 e. The summed E-state index contributed by atoms with van der Waals surface area (Å²) in [5.74, 6) is 4.69. The monoisotopic (exact) mass is 1290 g/mol. The summed E-state index contributed by atoms with van der Waals surface area (Å²) in [5, 5.41) is 44.6. The van der Waals surface area contributed by atoms with Crippen LogP contribution >= 0.6 is 43.2 Å². The molecule has 6 unspecified atom stereocenters. The zero-order valence-electron chi connectivity index (χ0n) is 58.5. The highest BCUT2D eigenvalue weighted by Gasteiger charge is 2.28. The van der Waals surface area contributed by atoms with Crippen LogP contribution in [0.1, 0.15) is 350 Å². The van der Waals surface area contributed by atoms with E-state index in [0.29, 0.717) is 38.3 Å². The number of piperazine rings is 1. The number of unbranched alkanes of at least 4 members (excludes halogenated alkanes) is 38. The number of rotatable bonds is 70. The van der Waals surface area contributed by atoms with Gasteiger partial charge in [-0.05, 0) is 78.3 Å². The number of nitrogens with zero attached hydrogens (tertiary/aromatic N) is 4. The average molecular weight is 1290 g/mol. The van der Waals surface area contributed by atoms with Gasteiger partial charge in [-0.25, -0.2) is 0 Å². The van der Waals surface area contributed by atoms with Gasteiger partial charge in [0.2, 0.25) is 0 Å². The van der Waals surface area contributed by atoms with Crippen LogP contribution < -0.4 is 0 Å². The van der Waals surface area contributed by atoms with E-state index in [1.54, 1.807) is 0 Å². The molecule has 0 radical (unpaired) electrons. The molecule has 1 rings (SSSR count). The Balaban J connectivity index is 2.39. The van der Waals surface area contributed by atoms with Gasteiger partial charge < -0.3 is 20.4 Å². The standard InChI is InChI=1S/C74H152N4O4S4/c1-7-11-15-19-23-27-31-35-39-43-51-71(79)65-75(66-72(80)52-44-40-36-32-28-24-20-16-12-8-2)55-47-49-59-83-85-61-57-77-63-70(6)78(64-69(77)5)58-62-86-84-60-50-48-56-76(67-73(81)53-45-41-37-33-29-25-21-17-13-9-3)68-74(82)54-46-42-38-34-30-26-22-18-14-10-4/h69-74,79-82H,7-68H2,1-6H3. The van der Waals surface area contributed by atoms with Crippen molar-refractivity contribution in [3.05, 3.63) is 0 Å². The lowest BCUT2D eigenvalue weighted by Crippen LogP contribution is -2.57. The zero-order valence-corrected chi connectivity index (χ0v) is 61.8. The fraction of sp³-hybridized carbons (Fsp3) is 1.00. The third-order valence-electron chi connectivity index (χ3n) is 18.7. The van der Waals surface area contributed by atoms with Crippen LogP contribution in [0.4, 0.5) is 0 Å². The fourth-order valence-electron chi connectivity index (χ4n) is 13.0. The lowest BCUT2D eigenvalue weighted by Gasteiger charge is -2.44. The number of hydrogen-bond acceptors (Lipinski definition) is 12. The van der Waals surface area contributed by atoms with Crippen molar-refractivity contribution in [1.29, 1.82) is 0 Å². The van der Waals surface area contributed by atoms with Crippen LogP contribution in [0.25, 0.3) is 0 Å². The maximum Gasteiger partial charge on any atom is 0.0667 e. The molecule has 1 fully saturated rings. The molecule has 0 aromatic carbocycles. The van der Waals surface area contributed by atoms with Crippen molar-refractivity contribution < 1.29 is 20.4 Å². The SMILES string of the molecule is CCCCCCCCCCCCC(O)CN(CCCCSSCCN1CC(C)N(CCSSCCCCN(CC(O)CCCCCCCCCCCC)CC(O)CCCCCCCCCCCC)CC1C)CC(O)CCCCCCCCCCCC. The van der Waals surface area contributed by atoms with Gasteiger partial charge in [-0.2, -0.15) is 0 Å². The Bertz CT molecular complexity index is 1170. The van der Waals surface area contributed by atoms with E-state index in [2.05, 4.69) is 82.7 Å². The molecule has 0 aromatic heterocycles. The van der Waals surface area contributed by atoms with Gasteiger partial charge in [0.1, 0.15) is 0 Å². The molecule has 8 nitrogen and oxygen atoms in total. The number of aliphatic hydroxyl groups excluding tert-OH is 4. The molecular weight excluding hydrogens is 1140 g/mol. The van der Waals surface area contributed by atoms with Gasteiger partial charge in [0.05, 0.1) is 24.4 Å². The quantitative estimate of drug-likeness (QED) is 0.0345. The molecule has 12 heteroatoms. The van der Waals surface area contributed by atoms with Gasteiger partial charge >= 0.3 is 0 Å². The van der Waals surface area contributed by atoms with Gasteiger partial charge in [0, 0.05) is 87.5 Å². The maximum atomic E-state index is 11.1. The van der Waals surface area contributed by atoms with Gasteiger partial charge in [0.25, 0.3) is 0 Å². The summed E-state index contributed by atoms with van der Waals surface area (Å²) in [4.78, 5) is 10.3. The Hall–Kier alpha value is 1.08. The predicted octanol–water partition coefficient (Wildman–Crippen LogP) is 21.0. The van der Waals surface area contributed by atoms with Crippen LogP contribution in [0.15, 0.2) is 0 Å². The largest absolute Gasteiger partial charge is 0.392 e. The van der Waals surface area contributed by atoms with Crippen LogP contribution in [-0.2, 0) is 0 Å². The summed E-state index contributed by atoms with van der Waals surface area (Å²) in [6.07, 6.45) is 60.0. The van der Waals surface area contributed by atoms with Crippen LogP contribution in [0.2, 0.25) is 0 Å². The van der Waals surface area contributed by atoms with Crippen LogP contribution in [0, 0.1) is 0 Å². The van der Waals surface area contributed by atoms with Gasteiger partial charge in [0.15, 0.2) is 0 Å². The molecule has 1 saturated heterocycles. The Labute approximate surface area is 554 Å². The molecule has 0 bridgehead atoms. The zero-order chi connectivity index (χ0) is 62.4. The second kappa shape index (κ2) is 66.1. The van der Waals surface area contributed by atoms with Crippen molar-refractivity contribution in [2.45, 2.75) is 386 Å². The lowest BCUT2D eigenvalue weighted by molar-refractivity contribution is 0.0516. The van der Waals surface area contributed by atoms with E-state index in [4.69, 9.17) is 0 Å². The molecule has 1 heterocycles. The van der Waals surface area contributed by atoms with Crippen LogP contribution in [0.5, 0.6) is 0 Å². The molecule has 0 spiro atoms. The van der Waals surface area contributed by atoms with Gasteiger partial charge in [-0.1, -0.05) is 328 Å². The van der Waals surface area contributed by atoms with Crippen molar-refractivity contribution in [2.24, 2.45) is 0 Å². The molecule has 0 aliphatic carbocycles. The van der Waals surface area contributed by atoms with E-state index < -0.39 is 0 Å². The first kappa shape index (κ1) is 85.1. The topological polar surface area (TPSA) is 93.9 Å². The van der Waals surface area contributed by atoms with Crippen molar-refractivity contribution in [3.63, 3.8) is 0 Å². The summed E-state index contributed by atoms with van der Waals surface area (Å²) >= 11 is 0. The van der Waals surface area contributed by atoms with Crippen molar-refractivity contribution in [3.8, 4) is 0 Å². The van der Waals surface area contributed by atoms with E-state index in [-0.39, 0.29) is 24.4 Å². The predicted molar refractivity (Wildman–Crippen MR) is 393 cm³/mol. The molecule has 0 saturated carbocycles. The van der Waals surface area contributed by atoms with E-state index in [9.17, 15) is 20.4 Å². The molecule has 0 amide bonds. The minimum atomic E-state index is -0.292. The van der Waals surface area contributed by atoms with Crippen molar-refractivity contribution in [1.82, 2.24) is 19.6 Å². The Morgan fingerprint density at radius 2 is 0.500 bits per heavy atom. The molecule has 86 heavy (non-hydrogen) atoms. The normalized spacial score (nSPS) is 16.7. The summed E-state index contributed by atoms with van der Waals surface area (Å²) in [7, 11) is 8.20. The minimum absolute atomic E-state index is 0.292. The highest BCUT2D eigenvalue weighted by molar-refractivity contribution is 8.77. The average Bonchev–Trinajstić information content (AvgIpc) is 3.67. The Morgan fingerprint density at radius 1 is 0.291 bits per heavy atom. The summed E-state index contributed by atoms with van der Waals surface area (Å²) in [6, 6.07) is 1.18. The molecule has 516 valence electrons. The minimum Gasteiger partial charge on any atom is -0.392 e. The summed E-state index contributed by atoms with van der Waals surface area (Å²) in [5.41, 5.74) is 0. The highest BCUT2D eigenvalue weighted by Crippen LogP contribution is 2.27. The molecular formula is C74H152N4O4S4. The Morgan fingerprint density at radius 3 is 0.733 bits per heavy atom. The maximum absolute atomic E-state index is 11.1. The van der Waals surface area contributed by atoms with E-state index in [0.717, 1.165) is 103 Å². The van der Waals surface area contributed by atoms with E-state index >= 15 is 0 Å². The molecule has 4 N–H and O–H groups in total. The molecule has 6 atom stereocenters. The fourth-order valence-corrected chi connectivity index (χ4v) is 17.3. The first-order valence-corrected chi connectivity index (χ1v) is 43.2. The van der Waals surface area contributed by atoms with Crippen LogP contribution in [0.3, 0.4) is 0 Å². The van der Waals surface area contributed by atoms with Gasteiger partial charge in [-0.3, -0.25) is 19.6 Å². The first-order valence-electron chi connectivity index (χ1n) is 38.3. The summed E-state index contributed by atoms with van der Waals surface area (Å²) in [6.45, 7) is 23.4. The van der Waals surface area contributed by atoms with Crippen molar-refractivity contribution in [2.75, 3.05) is 88.5 Å². The Kier molecular flexibility index (Phi) is 65.4. The highest BCUT2D eigenvalue weighted by atomic mass is 33.1. The second-order valence-electron chi connectivity index (χ2n) is 27.4. The van der Waals surface area contributed by atoms with Crippen LogP contribution in [-0.4, -0.2) is 165 Å². The van der Waals surface area contributed by atoms with Crippen molar-refractivity contribution >= 4 is 43.2 Å². The molecule has 0 aromatic rings.